The van der Waals surface area contributed by atoms with Gasteiger partial charge in [-0.05, 0) is 48.9 Å². The lowest BCUT2D eigenvalue weighted by Crippen LogP contribution is -2.19. The minimum Gasteiger partial charge on any atom is -0.330 e. The van der Waals surface area contributed by atoms with Crippen molar-refractivity contribution in [1.82, 2.24) is 0 Å². The maximum atomic E-state index is 12.8. The molecule has 17 heavy (non-hydrogen) atoms. The Kier molecular flexibility index (Phi) is 4.55. The minimum absolute atomic E-state index is 0.158. The highest BCUT2D eigenvalue weighted by atomic mass is 19.1. The summed E-state index contributed by atoms with van der Waals surface area (Å²) in [4.78, 5) is 0. The number of rotatable bonds is 5. The molecule has 0 spiro atoms. The van der Waals surface area contributed by atoms with Gasteiger partial charge in [-0.2, -0.15) is 0 Å². The van der Waals surface area contributed by atoms with E-state index in [0.29, 0.717) is 5.92 Å². The predicted molar refractivity (Wildman–Crippen MR) is 69.2 cm³/mol. The highest BCUT2D eigenvalue weighted by molar-refractivity contribution is 5.16. The van der Waals surface area contributed by atoms with E-state index in [4.69, 9.17) is 5.73 Å². The second kappa shape index (κ2) is 6.15. The molecule has 2 N–H and O–H groups in total. The molecular weight excluding hydrogens is 213 g/mol. The van der Waals surface area contributed by atoms with E-state index in [9.17, 15) is 4.39 Å². The van der Waals surface area contributed by atoms with E-state index in [1.165, 1.54) is 37.7 Å². The Labute approximate surface area is 103 Å². The molecule has 94 valence electrons. The molecule has 1 aliphatic rings. The molecular formula is C15H22FN. The number of hydrogen-bond acceptors (Lipinski definition) is 1. The average molecular weight is 235 g/mol. The van der Waals surface area contributed by atoms with Gasteiger partial charge in [0.2, 0.25) is 0 Å². The summed E-state index contributed by atoms with van der Waals surface area (Å²) in [5.74, 6) is 1.28. The molecule has 2 rings (SSSR count). The lowest BCUT2D eigenvalue weighted by Gasteiger charge is -2.19. The van der Waals surface area contributed by atoms with Gasteiger partial charge < -0.3 is 5.73 Å². The van der Waals surface area contributed by atoms with Gasteiger partial charge in [0.25, 0.3) is 0 Å². The Balaban J connectivity index is 1.87. The second-order valence-electron chi connectivity index (χ2n) is 5.32. The third kappa shape index (κ3) is 3.81. The molecule has 1 saturated carbocycles. The van der Waals surface area contributed by atoms with Crippen LogP contribution in [-0.4, -0.2) is 6.54 Å². The van der Waals surface area contributed by atoms with Crippen LogP contribution in [0, 0.1) is 17.7 Å². The van der Waals surface area contributed by atoms with E-state index in [-0.39, 0.29) is 5.82 Å². The Morgan fingerprint density at radius 2 is 1.82 bits per heavy atom. The van der Waals surface area contributed by atoms with E-state index < -0.39 is 0 Å². The van der Waals surface area contributed by atoms with Crippen LogP contribution in [0.25, 0.3) is 0 Å². The summed E-state index contributed by atoms with van der Waals surface area (Å²) in [5.41, 5.74) is 7.06. The van der Waals surface area contributed by atoms with Gasteiger partial charge in [0.05, 0.1) is 0 Å². The van der Waals surface area contributed by atoms with Crippen LogP contribution in [0.1, 0.15) is 37.7 Å². The number of halogens is 1. The lowest BCUT2D eigenvalue weighted by molar-refractivity contribution is 0.379. The summed E-state index contributed by atoms with van der Waals surface area (Å²) in [6.07, 6.45) is 7.76. The van der Waals surface area contributed by atoms with Crippen LogP contribution < -0.4 is 5.73 Å². The molecule has 1 fully saturated rings. The molecule has 0 heterocycles. The molecule has 0 bridgehead atoms. The Hall–Kier alpha value is -0.890. The first-order valence-electron chi connectivity index (χ1n) is 6.72. The monoisotopic (exact) mass is 235 g/mol. The number of benzene rings is 1. The van der Waals surface area contributed by atoms with Crippen molar-refractivity contribution in [2.45, 2.75) is 38.5 Å². The van der Waals surface area contributed by atoms with Crippen LogP contribution in [0.5, 0.6) is 0 Å². The summed E-state index contributed by atoms with van der Waals surface area (Å²) in [6, 6.07) is 6.84. The van der Waals surface area contributed by atoms with Gasteiger partial charge in [-0.15, -0.1) is 0 Å². The molecule has 0 aromatic heterocycles. The Morgan fingerprint density at radius 1 is 1.18 bits per heavy atom. The fraction of sp³-hybridized carbons (Fsp3) is 0.600. The summed E-state index contributed by atoms with van der Waals surface area (Å²) < 4.78 is 12.8. The zero-order valence-corrected chi connectivity index (χ0v) is 10.4. The van der Waals surface area contributed by atoms with Crippen molar-refractivity contribution < 1.29 is 4.39 Å². The van der Waals surface area contributed by atoms with Crippen molar-refractivity contribution in [3.63, 3.8) is 0 Å². The van der Waals surface area contributed by atoms with E-state index in [1.807, 2.05) is 12.1 Å². The summed E-state index contributed by atoms with van der Waals surface area (Å²) in [7, 11) is 0. The van der Waals surface area contributed by atoms with Crippen molar-refractivity contribution in [2.75, 3.05) is 6.54 Å². The first kappa shape index (κ1) is 12.6. The third-order valence-corrected chi connectivity index (χ3v) is 3.91. The molecule has 1 aromatic carbocycles. The zero-order chi connectivity index (χ0) is 12.1. The van der Waals surface area contributed by atoms with Crippen molar-refractivity contribution in [3.8, 4) is 0 Å². The number of nitrogens with two attached hydrogens (primary N) is 1. The summed E-state index contributed by atoms with van der Waals surface area (Å²) in [5, 5.41) is 0. The fourth-order valence-electron chi connectivity index (χ4n) is 2.93. The van der Waals surface area contributed by atoms with Crippen LogP contribution in [0.2, 0.25) is 0 Å². The maximum absolute atomic E-state index is 12.8. The topological polar surface area (TPSA) is 26.0 Å². The standard InChI is InChI=1S/C15H22FN/c16-15-7-5-13(6-8-15)10-14(11-17)9-12-3-1-2-4-12/h5-8,12,14H,1-4,9-11,17H2. The normalized spacial score (nSPS) is 18.5. The average Bonchev–Trinajstić information content (AvgIpc) is 2.84. The molecule has 0 saturated heterocycles. The van der Waals surface area contributed by atoms with Gasteiger partial charge in [0.15, 0.2) is 0 Å². The van der Waals surface area contributed by atoms with E-state index in [0.717, 1.165) is 18.9 Å². The van der Waals surface area contributed by atoms with Crippen molar-refractivity contribution in [3.05, 3.63) is 35.6 Å². The predicted octanol–water partition coefficient (Wildman–Crippen LogP) is 3.52. The third-order valence-electron chi connectivity index (χ3n) is 3.91. The van der Waals surface area contributed by atoms with Crippen LogP contribution in [0.4, 0.5) is 4.39 Å². The van der Waals surface area contributed by atoms with Crippen LogP contribution in [0.15, 0.2) is 24.3 Å². The number of hydrogen-bond donors (Lipinski definition) is 1. The van der Waals surface area contributed by atoms with Crippen molar-refractivity contribution in [1.29, 1.82) is 0 Å². The first-order chi connectivity index (χ1) is 8.28. The molecule has 0 aliphatic heterocycles. The van der Waals surface area contributed by atoms with Crippen LogP contribution in [-0.2, 0) is 6.42 Å². The Bertz CT molecular complexity index is 327. The molecule has 1 nitrogen and oxygen atoms in total. The quantitative estimate of drug-likeness (QED) is 0.830. The molecule has 0 radical (unpaired) electrons. The van der Waals surface area contributed by atoms with Crippen molar-refractivity contribution in [2.24, 2.45) is 17.6 Å². The highest BCUT2D eigenvalue weighted by Crippen LogP contribution is 2.31. The largest absolute Gasteiger partial charge is 0.330 e. The smallest absolute Gasteiger partial charge is 0.123 e. The van der Waals surface area contributed by atoms with Gasteiger partial charge >= 0.3 is 0 Å². The minimum atomic E-state index is -0.158. The van der Waals surface area contributed by atoms with E-state index in [2.05, 4.69) is 0 Å². The highest BCUT2D eigenvalue weighted by Gasteiger charge is 2.19. The van der Waals surface area contributed by atoms with E-state index in [1.54, 1.807) is 12.1 Å². The van der Waals surface area contributed by atoms with Crippen LogP contribution in [0.3, 0.4) is 0 Å². The first-order valence-corrected chi connectivity index (χ1v) is 6.72. The van der Waals surface area contributed by atoms with Gasteiger partial charge in [-0.3, -0.25) is 0 Å². The van der Waals surface area contributed by atoms with Crippen molar-refractivity contribution >= 4 is 0 Å². The fourth-order valence-corrected chi connectivity index (χ4v) is 2.93. The zero-order valence-electron chi connectivity index (χ0n) is 10.4. The molecule has 1 aromatic rings. The van der Waals surface area contributed by atoms with Gasteiger partial charge in [-0.25, -0.2) is 4.39 Å². The maximum Gasteiger partial charge on any atom is 0.123 e. The lowest BCUT2D eigenvalue weighted by atomic mass is 9.88. The Morgan fingerprint density at radius 3 is 2.41 bits per heavy atom. The van der Waals surface area contributed by atoms with Gasteiger partial charge in [0, 0.05) is 0 Å². The second-order valence-corrected chi connectivity index (χ2v) is 5.32. The summed E-state index contributed by atoms with van der Waals surface area (Å²) >= 11 is 0. The SMILES string of the molecule is NCC(Cc1ccc(F)cc1)CC1CCCC1. The molecule has 1 aliphatic carbocycles. The van der Waals surface area contributed by atoms with E-state index >= 15 is 0 Å². The molecule has 2 heteroatoms. The van der Waals surface area contributed by atoms with Crippen LogP contribution >= 0.6 is 0 Å². The molecule has 0 amide bonds. The molecule has 1 unspecified atom stereocenters. The summed E-state index contributed by atoms with van der Waals surface area (Å²) in [6.45, 7) is 0.744. The van der Waals surface area contributed by atoms with Gasteiger partial charge in [-0.1, -0.05) is 37.8 Å². The molecule has 1 atom stereocenters. The van der Waals surface area contributed by atoms with Gasteiger partial charge in [0.1, 0.15) is 5.82 Å².